The third-order valence-electron chi connectivity index (χ3n) is 3.63. The minimum absolute atomic E-state index is 0.311. The summed E-state index contributed by atoms with van der Waals surface area (Å²) in [6, 6.07) is 6.17. The molecule has 0 N–H and O–H groups in total. The SMILES string of the molecule is Cn1c2c(c3ccc(Br)cc31)C(=O)CCCC2. The first kappa shape index (κ1) is 11.0. The molecule has 3 heteroatoms. The minimum atomic E-state index is 0.311. The predicted molar refractivity (Wildman–Crippen MR) is 72.5 cm³/mol. The Hall–Kier alpha value is -1.09. The standard InChI is InChI=1S/C14H14BrNO/c1-16-11-4-2-3-5-13(17)14(11)10-7-6-9(15)8-12(10)16/h6-8H,2-5H2,1H3. The Morgan fingerprint density at radius 3 is 2.82 bits per heavy atom. The monoisotopic (exact) mass is 291 g/mol. The molecule has 0 unspecified atom stereocenters. The maximum absolute atomic E-state index is 12.2. The lowest BCUT2D eigenvalue weighted by atomic mass is 10.1. The van der Waals surface area contributed by atoms with Gasteiger partial charge in [0.2, 0.25) is 0 Å². The summed E-state index contributed by atoms with van der Waals surface area (Å²) in [5.74, 6) is 0.311. The van der Waals surface area contributed by atoms with Gasteiger partial charge in [-0.15, -0.1) is 0 Å². The number of rotatable bonds is 0. The van der Waals surface area contributed by atoms with Crippen molar-refractivity contribution in [2.24, 2.45) is 7.05 Å². The zero-order chi connectivity index (χ0) is 12.0. The highest BCUT2D eigenvalue weighted by Gasteiger charge is 2.22. The molecule has 17 heavy (non-hydrogen) atoms. The fourth-order valence-corrected chi connectivity index (χ4v) is 3.12. The molecule has 0 saturated carbocycles. The van der Waals surface area contributed by atoms with Crippen molar-refractivity contribution < 1.29 is 4.79 Å². The molecule has 0 aliphatic heterocycles. The normalized spacial score (nSPS) is 16.0. The zero-order valence-corrected chi connectivity index (χ0v) is 11.4. The van der Waals surface area contributed by atoms with Crippen LogP contribution in [0, 0.1) is 0 Å². The summed E-state index contributed by atoms with van der Waals surface area (Å²) >= 11 is 3.49. The molecule has 1 aromatic carbocycles. The van der Waals surface area contributed by atoms with Crippen LogP contribution in [-0.2, 0) is 13.5 Å². The highest BCUT2D eigenvalue weighted by Crippen LogP contribution is 2.32. The Morgan fingerprint density at radius 2 is 2.00 bits per heavy atom. The Bertz CT molecular complexity index is 612. The van der Waals surface area contributed by atoms with Crippen LogP contribution in [0.25, 0.3) is 10.9 Å². The molecular weight excluding hydrogens is 278 g/mol. The second kappa shape index (κ2) is 3.98. The second-order valence-electron chi connectivity index (χ2n) is 4.67. The van der Waals surface area contributed by atoms with Gasteiger partial charge in [0, 0.05) is 40.1 Å². The van der Waals surface area contributed by atoms with Crippen molar-refractivity contribution in [3.8, 4) is 0 Å². The molecule has 0 fully saturated rings. The van der Waals surface area contributed by atoms with Gasteiger partial charge in [-0.3, -0.25) is 4.79 Å². The van der Waals surface area contributed by atoms with E-state index in [1.165, 1.54) is 5.69 Å². The van der Waals surface area contributed by atoms with Crippen molar-refractivity contribution in [3.05, 3.63) is 33.9 Å². The highest BCUT2D eigenvalue weighted by atomic mass is 79.9. The molecular formula is C14H14BrNO. The van der Waals surface area contributed by atoms with E-state index in [1.54, 1.807) is 0 Å². The lowest BCUT2D eigenvalue weighted by molar-refractivity contribution is 0.0983. The number of hydrogen-bond acceptors (Lipinski definition) is 1. The van der Waals surface area contributed by atoms with Crippen LogP contribution in [0.3, 0.4) is 0 Å². The van der Waals surface area contributed by atoms with Crippen LogP contribution in [-0.4, -0.2) is 10.4 Å². The molecule has 1 heterocycles. The topological polar surface area (TPSA) is 22.0 Å². The summed E-state index contributed by atoms with van der Waals surface area (Å²) in [5, 5.41) is 1.11. The van der Waals surface area contributed by atoms with Gasteiger partial charge in [0.05, 0.1) is 0 Å². The number of fused-ring (bicyclic) bond motifs is 3. The maximum Gasteiger partial charge on any atom is 0.165 e. The lowest BCUT2D eigenvalue weighted by Gasteiger charge is -2.02. The number of carbonyl (C=O) groups excluding carboxylic acids is 1. The molecule has 0 amide bonds. The van der Waals surface area contributed by atoms with Crippen molar-refractivity contribution in [2.45, 2.75) is 25.7 Å². The molecule has 0 spiro atoms. The van der Waals surface area contributed by atoms with Crippen molar-refractivity contribution in [2.75, 3.05) is 0 Å². The summed E-state index contributed by atoms with van der Waals surface area (Å²) in [4.78, 5) is 12.2. The van der Waals surface area contributed by atoms with Crippen molar-refractivity contribution in [1.29, 1.82) is 0 Å². The summed E-state index contributed by atoms with van der Waals surface area (Å²) in [6.45, 7) is 0. The summed E-state index contributed by atoms with van der Waals surface area (Å²) < 4.78 is 3.24. The average Bonchev–Trinajstić information content (AvgIpc) is 2.47. The Labute approximate surface area is 109 Å². The molecule has 88 valence electrons. The van der Waals surface area contributed by atoms with E-state index in [1.807, 2.05) is 6.07 Å². The van der Waals surface area contributed by atoms with E-state index in [2.05, 4.69) is 39.7 Å². The molecule has 1 aliphatic carbocycles. The minimum Gasteiger partial charge on any atom is -0.347 e. The predicted octanol–water partition coefficient (Wildman–Crippen LogP) is 3.85. The zero-order valence-electron chi connectivity index (χ0n) is 9.79. The van der Waals surface area contributed by atoms with Gasteiger partial charge in [-0.05, 0) is 31.4 Å². The fourth-order valence-electron chi connectivity index (χ4n) is 2.77. The third kappa shape index (κ3) is 1.64. The van der Waals surface area contributed by atoms with Gasteiger partial charge in [0.25, 0.3) is 0 Å². The molecule has 0 radical (unpaired) electrons. The third-order valence-corrected chi connectivity index (χ3v) is 4.12. The summed E-state index contributed by atoms with van der Waals surface area (Å²) in [7, 11) is 2.06. The number of ketones is 1. The number of benzene rings is 1. The summed E-state index contributed by atoms with van der Waals surface area (Å²) in [6.07, 6.45) is 3.85. The molecule has 0 bridgehead atoms. The number of aryl methyl sites for hydroxylation is 1. The molecule has 2 nitrogen and oxygen atoms in total. The number of Topliss-reactive ketones (excluding diaryl/α,β-unsaturated/α-hetero) is 1. The largest absolute Gasteiger partial charge is 0.347 e. The number of halogens is 1. The van der Waals surface area contributed by atoms with E-state index >= 15 is 0 Å². The van der Waals surface area contributed by atoms with E-state index in [9.17, 15) is 4.79 Å². The van der Waals surface area contributed by atoms with Gasteiger partial charge < -0.3 is 4.57 Å². The van der Waals surface area contributed by atoms with Crippen LogP contribution in [0.15, 0.2) is 22.7 Å². The molecule has 1 aliphatic rings. The van der Waals surface area contributed by atoms with E-state index < -0.39 is 0 Å². The van der Waals surface area contributed by atoms with Gasteiger partial charge in [0.15, 0.2) is 5.78 Å². The second-order valence-corrected chi connectivity index (χ2v) is 5.59. The number of carbonyl (C=O) groups is 1. The van der Waals surface area contributed by atoms with Crippen LogP contribution in [0.2, 0.25) is 0 Å². The van der Waals surface area contributed by atoms with Crippen LogP contribution >= 0.6 is 15.9 Å². The molecule has 2 aromatic rings. The van der Waals surface area contributed by atoms with Crippen LogP contribution in [0.5, 0.6) is 0 Å². The van der Waals surface area contributed by atoms with E-state index in [4.69, 9.17) is 0 Å². The van der Waals surface area contributed by atoms with Crippen LogP contribution in [0.4, 0.5) is 0 Å². The highest BCUT2D eigenvalue weighted by molar-refractivity contribution is 9.10. The van der Waals surface area contributed by atoms with Crippen LogP contribution < -0.4 is 0 Å². The first-order valence-corrected chi connectivity index (χ1v) is 6.78. The molecule has 0 saturated heterocycles. The maximum atomic E-state index is 12.2. The first-order chi connectivity index (χ1) is 8.18. The first-order valence-electron chi connectivity index (χ1n) is 5.98. The van der Waals surface area contributed by atoms with Gasteiger partial charge in [-0.25, -0.2) is 0 Å². The average molecular weight is 292 g/mol. The van der Waals surface area contributed by atoms with Gasteiger partial charge in [-0.2, -0.15) is 0 Å². The van der Waals surface area contributed by atoms with Gasteiger partial charge in [0.1, 0.15) is 0 Å². The molecule has 3 rings (SSSR count). The quantitative estimate of drug-likeness (QED) is 0.676. The van der Waals surface area contributed by atoms with Gasteiger partial charge in [-0.1, -0.05) is 22.0 Å². The van der Waals surface area contributed by atoms with Crippen LogP contribution in [0.1, 0.15) is 35.3 Å². The molecule has 0 atom stereocenters. The smallest absolute Gasteiger partial charge is 0.165 e. The Kier molecular flexibility index (Phi) is 2.58. The Morgan fingerprint density at radius 1 is 1.24 bits per heavy atom. The summed E-state index contributed by atoms with van der Waals surface area (Å²) in [5.41, 5.74) is 3.33. The Balaban J connectivity index is 2.38. The fraction of sp³-hybridized carbons (Fsp3) is 0.357. The number of nitrogens with zero attached hydrogens (tertiary/aromatic N) is 1. The van der Waals surface area contributed by atoms with E-state index in [0.717, 1.165) is 40.2 Å². The van der Waals surface area contributed by atoms with Crippen molar-refractivity contribution >= 4 is 32.6 Å². The number of aromatic nitrogens is 1. The number of hydrogen-bond donors (Lipinski definition) is 0. The molecule has 1 aromatic heterocycles. The van der Waals surface area contributed by atoms with Crippen molar-refractivity contribution in [1.82, 2.24) is 4.57 Å². The lowest BCUT2D eigenvalue weighted by Crippen LogP contribution is -2.00. The van der Waals surface area contributed by atoms with Crippen molar-refractivity contribution in [3.63, 3.8) is 0 Å². The van der Waals surface area contributed by atoms with Gasteiger partial charge >= 0.3 is 0 Å². The van der Waals surface area contributed by atoms with E-state index in [-0.39, 0.29) is 0 Å². The van der Waals surface area contributed by atoms with E-state index in [0.29, 0.717) is 12.2 Å².